The maximum Gasteiger partial charge on any atom is 0.325 e. The van der Waals surface area contributed by atoms with Crippen molar-refractivity contribution in [1.82, 2.24) is 35.3 Å². The summed E-state index contributed by atoms with van der Waals surface area (Å²) in [6.45, 7) is 7.00. The highest BCUT2D eigenvalue weighted by Crippen LogP contribution is 2.50. The number of rotatable bonds is 7. The molecule has 0 aliphatic carbocycles. The normalized spacial score (nSPS) is 11.1. The zero-order chi connectivity index (χ0) is 27.8. The van der Waals surface area contributed by atoms with E-state index in [1.54, 1.807) is 19.4 Å². The number of nitrogens with two attached hydrogens (primary N) is 1. The minimum Gasteiger partial charge on any atom is -0.422 e. The molecule has 0 saturated carbocycles. The van der Waals surface area contributed by atoms with Crippen molar-refractivity contribution in [2.75, 3.05) is 5.73 Å². The van der Waals surface area contributed by atoms with Crippen LogP contribution in [-0.2, 0) is 18.4 Å². The molecule has 0 spiro atoms. The molecule has 0 bridgehead atoms. The molecule has 0 aliphatic rings. The predicted octanol–water partition coefficient (Wildman–Crippen LogP) is 4.62. The first-order valence-corrected chi connectivity index (χ1v) is 12.4. The number of thiophene rings is 1. The second kappa shape index (κ2) is 10.2. The van der Waals surface area contributed by atoms with E-state index in [4.69, 9.17) is 10.5 Å². The van der Waals surface area contributed by atoms with Gasteiger partial charge in [-0.2, -0.15) is 33.7 Å². The first kappa shape index (κ1) is 25.9. The van der Waals surface area contributed by atoms with E-state index in [2.05, 4.69) is 37.0 Å². The first-order chi connectivity index (χ1) is 18.7. The lowest BCUT2D eigenvalue weighted by atomic mass is 10.0. The number of carbonyl (C=O) groups excluding carboxylic acids is 1. The Morgan fingerprint density at radius 2 is 2.03 bits per heavy atom. The molecule has 4 heterocycles. The number of carbonyl (C=O) groups is 1. The number of nitrogens with one attached hydrogen (secondary N) is 1. The first-order valence-electron chi connectivity index (χ1n) is 11.6. The fourth-order valence-corrected chi connectivity index (χ4v) is 5.36. The maximum atomic E-state index is 14.1. The standard InChI is InChI=1S/C26H22F2N8O2S/c1-5-18(37)30-9-14-6-7-15(12(2)8-14)23-21(38-26-33-13(3)20(27)24(28)34-26)19-22(39-23)16(10-31-25(19)29)17-11-32-36(4)35-17/h5-8,10-11H,1,9H2,2-4H3,(H2,29,31)(H,30,37). The lowest BCUT2D eigenvalue weighted by Crippen LogP contribution is -2.19. The van der Waals surface area contributed by atoms with E-state index in [-0.39, 0.29) is 29.2 Å². The molecular weight excluding hydrogens is 526 g/mol. The van der Waals surface area contributed by atoms with Gasteiger partial charge in [0.2, 0.25) is 5.91 Å². The highest BCUT2D eigenvalue weighted by atomic mass is 32.1. The minimum absolute atomic E-state index is 0.163. The molecule has 1 aromatic carbocycles. The fourth-order valence-electron chi connectivity index (χ4n) is 4.01. The fraction of sp³-hybridized carbons (Fsp3) is 0.154. The Labute approximate surface area is 225 Å². The summed E-state index contributed by atoms with van der Waals surface area (Å²) in [4.78, 5) is 25.5. The van der Waals surface area contributed by atoms with Crippen LogP contribution in [0.15, 0.2) is 43.2 Å². The molecule has 4 aromatic heterocycles. The Kier molecular flexibility index (Phi) is 6.74. The van der Waals surface area contributed by atoms with Crippen molar-refractivity contribution in [3.8, 4) is 33.5 Å². The molecule has 3 N–H and O–H groups in total. The van der Waals surface area contributed by atoms with Crippen LogP contribution in [0.2, 0.25) is 0 Å². The maximum absolute atomic E-state index is 14.1. The molecule has 0 fully saturated rings. The van der Waals surface area contributed by atoms with E-state index in [0.29, 0.717) is 32.8 Å². The predicted molar refractivity (Wildman–Crippen MR) is 143 cm³/mol. The molecule has 1 amide bonds. The van der Waals surface area contributed by atoms with E-state index in [0.717, 1.165) is 16.7 Å². The Hall–Kier alpha value is -4.78. The van der Waals surface area contributed by atoms with Gasteiger partial charge in [0.25, 0.3) is 5.95 Å². The van der Waals surface area contributed by atoms with Crippen LogP contribution in [0.4, 0.5) is 14.6 Å². The zero-order valence-corrected chi connectivity index (χ0v) is 21.9. The summed E-state index contributed by atoms with van der Waals surface area (Å²) in [5.74, 6) is -2.35. The van der Waals surface area contributed by atoms with E-state index < -0.39 is 11.8 Å². The van der Waals surface area contributed by atoms with Crippen LogP contribution in [0.3, 0.4) is 0 Å². The van der Waals surface area contributed by atoms with Crippen molar-refractivity contribution in [2.45, 2.75) is 20.4 Å². The lowest BCUT2D eigenvalue weighted by Gasteiger charge is -2.11. The van der Waals surface area contributed by atoms with Crippen LogP contribution in [0.25, 0.3) is 31.8 Å². The number of fused-ring (bicyclic) bond motifs is 1. The number of nitrogen functional groups attached to an aromatic ring is 1. The van der Waals surface area contributed by atoms with Crippen molar-refractivity contribution in [2.24, 2.45) is 7.05 Å². The molecule has 5 aromatic rings. The Balaban J connectivity index is 1.70. The third-order valence-corrected chi connectivity index (χ3v) is 7.15. The van der Waals surface area contributed by atoms with Gasteiger partial charge in [0.05, 0.1) is 26.9 Å². The summed E-state index contributed by atoms with van der Waals surface area (Å²) in [6, 6.07) is 5.29. The summed E-state index contributed by atoms with van der Waals surface area (Å²) in [7, 11) is 1.70. The summed E-state index contributed by atoms with van der Waals surface area (Å²) < 4.78 is 34.8. The lowest BCUT2D eigenvalue weighted by molar-refractivity contribution is -0.116. The molecule has 0 saturated heterocycles. The summed E-state index contributed by atoms with van der Waals surface area (Å²) in [5, 5.41) is 11.7. The monoisotopic (exact) mass is 548 g/mol. The number of amides is 1. The average Bonchev–Trinajstić information content (AvgIpc) is 3.50. The molecule has 0 aliphatic heterocycles. The van der Waals surface area contributed by atoms with Gasteiger partial charge in [-0.1, -0.05) is 24.8 Å². The molecule has 5 rings (SSSR count). The Morgan fingerprint density at radius 3 is 2.69 bits per heavy atom. The molecule has 0 atom stereocenters. The molecule has 0 unspecified atom stereocenters. The summed E-state index contributed by atoms with van der Waals surface area (Å²) in [5.41, 5.74) is 9.89. The van der Waals surface area contributed by atoms with E-state index in [1.807, 2.05) is 25.1 Å². The summed E-state index contributed by atoms with van der Waals surface area (Å²) >= 11 is 1.37. The van der Waals surface area contributed by atoms with Gasteiger partial charge < -0.3 is 15.8 Å². The zero-order valence-electron chi connectivity index (χ0n) is 21.1. The number of aryl methyl sites for hydroxylation is 3. The van der Waals surface area contributed by atoms with Gasteiger partial charge in [-0.05, 0) is 36.6 Å². The number of benzene rings is 1. The number of pyridine rings is 1. The number of halogens is 2. The number of aromatic nitrogens is 6. The second-order valence-electron chi connectivity index (χ2n) is 8.61. The number of hydrogen-bond donors (Lipinski definition) is 2. The van der Waals surface area contributed by atoms with Crippen LogP contribution in [0, 0.1) is 25.6 Å². The van der Waals surface area contributed by atoms with E-state index in [1.165, 1.54) is 29.1 Å². The van der Waals surface area contributed by atoms with Crippen molar-refractivity contribution in [3.63, 3.8) is 0 Å². The molecule has 13 heteroatoms. The quantitative estimate of drug-likeness (QED) is 0.222. The van der Waals surface area contributed by atoms with Crippen LogP contribution < -0.4 is 15.8 Å². The number of ether oxygens (including phenoxy) is 1. The summed E-state index contributed by atoms with van der Waals surface area (Å²) in [6.07, 6.45) is 4.41. The van der Waals surface area contributed by atoms with Gasteiger partial charge in [0.15, 0.2) is 11.6 Å². The van der Waals surface area contributed by atoms with E-state index in [9.17, 15) is 13.6 Å². The Bertz CT molecular complexity index is 1740. The van der Waals surface area contributed by atoms with Gasteiger partial charge in [0.1, 0.15) is 11.5 Å². The van der Waals surface area contributed by atoms with Gasteiger partial charge in [-0.25, -0.2) is 4.98 Å². The molecule has 39 heavy (non-hydrogen) atoms. The SMILES string of the molecule is C=CC(=O)NCc1ccc(-c2sc3c(-c4cnn(C)n4)cnc(N)c3c2Oc2nc(C)c(F)c(F)n2)c(C)c1. The topological polar surface area (TPSA) is 134 Å². The van der Waals surface area contributed by atoms with Crippen molar-refractivity contribution in [1.29, 1.82) is 0 Å². The van der Waals surface area contributed by atoms with Crippen molar-refractivity contribution >= 4 is 33.1 Å². The van der Waals surface area contributed by atoms with Gasteiger partial charge in [-0.3, -0.25) is 4.79 Å². The van der Waals surface area contributed by atoms with Crippen molar-refractivity contribution < 1.29 is 18.3 Å². The van der Waals surface area contributed by atoms with Crippen LogP contribution >= 0.6 is 11.3 Å². The van der Waals surface area contributed by atoms with E-state index >= 15 is 0 Å². The van der Waals surface area contributed by atoms with Gasteiger partial charge >= 0.3 is 6.01 Å². The minimum atomic E-state index is -1.33. The molecule has 0 radical (unpaired) electrons. The average molecular weight is 549 g/mol. The highest BCUT2D eigenvalue weighted by Gasteiger charge is 2.25. The molecule has 10 nitrogen and oxygen atoms in total. The molecule has 198 valence electrons. The van der Waals surface area contributed by atoms with Crippen LogP contribution in [0.5, 0.6) is 11.8 Å². The number of hydrogen-bond acceptors (Lipinski definition) is 9. The number of anilines is 1. The third kappa shape index (κ3) is 4.91. The van der Waals surface area contributed by atoms with Gasteiger partial charge in [0, 0.05) is 25.4 Å². The van der Waals surface area contributed by atoms with Gasteiger partial charge in [-0.15, -0.1) is 11.3 Å². The smallest absolute Gasteiger partial charge is 0.325 e. The molecular formula is C26H22F2N8O2S. The largest absolute Gasteiger partial charge is 0.422 e. The second-order valence-corrected chi connectivity index (χ2v) is 9.63. The Morgan fingerprint density at radius 1 is 1.23 bits per heavy atom. The third-order valence-electron chi connectivity index (χ3n) is 5.91. The van der Waals surface area contributed by atoms with Crippen LogP contribution in [0.1, 0.15) is 16.8 Å². The van der Waals surface area contributed by atoms with Crippen LogP contribution in [-0.4, -0.2) is 35.9 Å². The number of nitrogens with zero attached hydrogens (tertiary/aromatic N) is 6. The van der Waals surface area contributed by atoms with Crippen molar-refractivity contribution in [3.05, 3.63) is 71.8 Å². The highest BCUT2D eigenvalue weighted by molar-refractivity contribution is 7.23.